The summed E-state index contributed by atoms with van der Waals surface area (Å²) in [4.78, 5) is 4.62. The van der Waals surface area contributed by atoms with Crippen LogP contribution in [0.5, 0.6) is 0 Å². The fraction of sp³-hybridized carbons (Fsp3) is 0.0500. The van der Waals surface area contributed by atoms with Gasteiger partial charge < -0.3 is 4.42 Å². The predicted molar refractivity (Wildman–Crippen MR) is 91.3 cm³/mol. The van der Waals surface area contributed by atoms with Crippen LogP contribution in [0.2, 0.25) is 0 Å². The molecule has 2 heterocycles. The summed E-state index contributed by atoms with van der Waals surface area (Å²) in [5, 5.41) is 7.11. The van der Waals surface area contributed by atoms with E-state index in [2.05, 4.69) is 53.5 Å². The van der Waals surface area contributed by atoms with Gasteiger partial charge in [0.2, 0.25) is 0 Å². The second kappa shape index (κ2) is 4.08. The van der Waals surface area contributed by atoms with Gasteiger partial charge in [-0.05, 0) is 53.4 Å². The maximum absolute atomic E-state index is 5.96. The van der Waals surface area contributed by atoms with E-state index in [0.717, 1.165) is 22.2 Å². The molecule has 5 aromatic rings. The summed E-state index contributed by atoms with van der Waals surface area (Å²) in [5.41, 5.74) is 1.94. The van der Waals surface area contributed by atoms with Crippen molar-refractivity contribution in [1.82, 2.24) is 4.98 Å². The lowest BCUT2D eigenvalue weighted by molar-refractivity contribution is 0.581. The van der Waals surface area contributed by atoms with Crippen molar-refractivity contribution in [2.75, 3.05) is 0 Å². The Morgan fingerprint density at radius 1 is 0.773 bits per heavy atom. The highest BCUT2D eigenvalue weighted by Gasteiger charge is 2.13. The molecule has 0 saturated heterocycles. The maximum Gasteiger partial charge on any atom is 0.144 e. The largest absolute Gasteiger partial charge is 0.461 e. The monoisotopic (exact) mass is 283 g/mol. The molecule has 0 radical (unpaired) electrons. The molecular formula is C20H13NO. The van der Waals surface area contributed by atoms with Crippen LogP contribution in [-0.4, -0.2) is 4.98 Å². The highest BCUT2D eigenvalue weighted by Crippen LogP contribution is 2.37. The van der Waals surface area contributed by atoms with Crippen molar-refractivity contribution in [3.05, 3.63) is 66.6 Å². The van der Waals surface area contributed by atoms with E-state index in [1.165, 1.54) is 26.9 Å². The van der Waals surface area contributed by atoms with Crippen molar-refractivity contribution in [2.45, 2.75) is 6.92 Å². The highest BCUT2D eigenvalue weighted by molar-refractivity contribution is 6.24. The van der Waals surface area contributed by atoms with Gasteiger partial charge in [0.25, 0.3) is 0 Å². The number of rotatable bonds is 0. The summed E-state index contributed by atoms with van der Waals surface area (Å²) < 4.78 is 5.96. The van der Waals surface area contributed by atoms with Crippen LogP contribution in [-0.2, 0) is 0 Å². The second-order valence-electron chi connectivity index (χ2n) is 5.74. The highest BCUT2D eigenvalue weighted by atomic mass is 16.3. The topological polar surface area (TPSA) is 26.0 Å². The molecule has 3 aromatic carbocycles. The third-order valence-electron chi connectivity index (χ3n) is 4.34. The molecule has 0 bridgehead atoms. The van der Waals surface area contributed by atoms with Gasteiger partial charge in [-0.1, -0.05) is 24.3 Å². The fourth-order valence-corrected chi connectivity index (χ4v) is 3.38. The molecule has 0 N–H and O–H groups in total. The van der Waals surface area contributed by atoms with Gasteiger partial charge in [0.15, 0.2) is 0 Å². The quantitative estimate of drug-likeness (QED) is 0.273. The Kier molecular flexibility index (Phi) is 2.18. The van der Waals surface area contributed by atoms with Gasteiger partial charge in [0.1, 0.15) is 11.3 Å². The van der Waals surface area contributed by atoms with Crippen molar-refractivity contribution in [3.63, 3.8) is 0 Å². The lowest BCUT2D eigenvalue weighted by atomic mass is 9.98. The van der Waals surface area contributed by atoms with Gasteiger partial charge in [0, 0.05) is 22.4 Å². The van der Waals surface area contributed by atoms with Crippen molar-refractivity contribution in [3.8, 4) is 0 Å². The average Bonchev–Trinajstić information content (AvgIpc) is 2.95. The van der Waals surface area contributed by atoms with Gasteiger partial charge >= 0.3 is 0 Å². The van der Waals surface area contributed by atoms with Crippen LogP contribution in [0, 0.1) is 6.92 Å². The third kappa shape index (κ3) is 1.47. The zero-order valence-corrected chi connectivity index (χ0v) is 12.1. The number of hydrogen-bond acceptors (Lipinski definition) is 2. The first-order valence-corrected chi connectivity index (χ1v) is 7.40. The van der Waals surface area contributed by atoms with Crippen LogP contribution in [0.15, 0.2) is 65.2 Å². The molecule has 22 heavy (non-hydrogen) atoms. The molecule has 104 valence electrons. The van der Waals surface area contributed by atoms with Crippen molar-refractivity contribution in [1.29, 1.82) is 0 Å². The second-order valence-corrected chi connectivity index (χ2v) is 5.74. The summed E-state index contributed by atoms with van der Waals surface area (Å²) in [5.74, 6) is 0.931. The number of hydrogen-bond donors (Lipinski definition) is 0. The molecule has 0 atom stereocenters. The molecule has 0 aliphatic rings. The SMILES string of the molecule is Cc1cc2c3cc4ccccc4cc3c3ncccc3c2o1. The van der Waals surface area contributed by atoms with Gasteiger partial charge in [0.05, 0.1) is 5.52 Å². The molecule has 0 amide bonds. The number of benzene rings is 3. The van der Waals surface area contributed by atoms with Crippen LogP contribution < -0.4 is 0 Å². The minimum absolute atomic E-state index is 0.931. The molecule has 0 aliphatic heterocycles. The Hall–Kier alpha value is -2.87. The minimum Gasteiger partial charge on any atom is -0.461 e. The van der Waals surface area contributed by atoms with E-state index >= 15 is 0 Å². The first-order chi connectivity index (χ1) is 10.8. The summed E-state index contributed by atoms with van der Waals surface area (Å²) in [6, 6.07) is 19.1. The van der Waals surface area contributed by atoms with E-state index in [1.807, 2.05) is 19.2 Å². The minimum atomic E-state index is 0.931. The van der Waals surface area contributed by atoms with Crippen molar-refractivity contribution < 1.29 is 4.42 Å². The molecule has 0 aliphatic carbocycles. The normalized spacial score (nSPS) is 11.9. The van der Waals surface area contributed by atoms with Crippen LogP contribution in [0.3, 0.4) is 0 Å². The number of aromatic nitrogens is 1. The Morgan fingerprint density at radius 2 is 1.55 bits per heavy atom. The van der Waals surface area contributed by atoms with Gasteiger partial charge in [-0.3, -0.25) is 4.98 Å². The Morgan fingerprint density at radius 3 is 2.36 bits per heavy atom. The molecule has 0 unspecified atom stereocenters. The summed E-state index contributed by atoms with van der Waals surface area (Å²) in [6.45, 7) is 2.00. The molecule has 0 spiro atoms. The number of furan rings is 1. The molecule has 2 nitrogen and oxygen atoms in total. The first kappa shape index (κ1) is 11.8. The Bertz CT molecular complexity index is 1180. The van der Waals surface area contributed by atoms with Crippen LogP contribution >= 0.6 is 0 Å². The lowest BCUT2D eigenvalue weighted by Crippen LogP contribution is -1.84. The smallest absolute Gasteiger partial charge is 0.144 e. The van der Waals surface area contributed by atoms with Crippen molar-refractivity contribution in [2.24, 2.45) is 0 Å². The van der Waals surface area contributed by atoms with Gasteiger partial charge in [-0.25, -0.2) is 0 Å². The van der Waals surface area contributed by atoms with E-state index in [1.54, 1.807) is 0 Å². The van der Waals surface area contributed by atoms with E-state index in [9.17, 15) is 0 Å². The van der Waals surface area contributed by atoms with Crippen LogP contribution in [0.4, 0.5) is 0 Å². The average molecular weight is 283 g/mol. The van der Waals surface area contributed by atoms with Crippen molar-refractivity contribution >= 4 is 43.4 Å². The first-order valence-electron chi connectivity index (χ1n) is 7.40. The molecule has 2 heteroatoms. The van der Waals surface area contributed by atoms with E-state index in [-0.39, 0.29) is 0 Å². The van der Waals surface area contributed by atoms with Gasteiger partial charge in [-0.2, -0.15) is 0 Å². The molecule has 2 aromatic heterocycles. The molecule has 5 rings (SSSR count). The van der Waals surface area contributed by atoms with Crippen LogP contribution in [0.25, 0.3) is 43.4 Å². The van der Waals surface area contributed by atoms with Gasteiger partial charge in [-0.15, -0.1) is 0 Å². The molecule has 0 fully saturated rings. The predicted octanol–water partition coefficient (Wildman–Crippen LogP) is 5.60. The Balaban J connectivity index is 2.17. The summed E-state index contributed by atoms with van der Waals surface area (Å²) in [7, 11) is 0. The maximum atomic E-state index is 5.96. The lowest BCUT2D eigenvalue weighted by Gasteiger charge is -2.07. The number of aryl methyl sites for hydroxylation is 1. The number of pyridine rings is 1. The third-order valence-corrected chi connectivity index (χ3v) is 4.34. The zero-order chi connectivity index (χ0) is 14.7. The Labute approximate surface area is 127 Å². The fourth-order valence-electron chi connectivity index (χ4n) is 3.38. The number of fused-ring (bicyclic) bond motifs is 7. The standard InChI is InChI=1S/C20H13NO/c1-12-9-18-16-10-13-5-2-3-6-14(13)11-17(16)19-15(20(18)22-12)7-4-8-21-19/h2-11H,1H3. The van der Waals surface area contributed by atoms with E-state index < -0.39 is 0 Å². The summed E-state index contributed by atoms with van der Waals surface area (Å²) >= 11 is 0. The van der Waals surface area contributed by atoms with Crippen LogP contribution in [0.1, 0.15) is 5.76 Å². The van der Waals surface area contributed by atoms with E-state index in [0.29, 0.717) is 0 Å². The van der Waals surface area contributed by atoms with E-state index in [4.69, 9.17) is 4.42 Å². The molecule has 0 saturated carbocycles. The summed E-state index contributed by atoms with van der Waals surface area (Å²) in [6.07, 6.45) is 1.85. The number of nitrogens with zero attached hydrogens (tertiary/aromatic N) is 1. The zero-order valence-electron chi connectivity index (χ0n) is 12.1. The molecular weight excluding hydrogens is 270 g/mol.